The number of rotatable bonds is 4. The fraction of sp³-hybridized carbons (Fsp3) is 0.727. The smallest absolute Gasteiger partial charge is 0.171 e. The fourth-order valence-corrected chi connectivity index (χ4v) is 8.83. The summed E-state index contributed by atoms with van der Waals surface area (Å²) in [5.74, 6) is 0.730. The van der Waals surface area contributed by atoms with Crippen molar-refractivity contribution in [3.05, 3.63) is 41.0 Å². The summed E-state index contributed by atoms with van der Waals surface area (Å²) in [6.07, 6.45) is 6.38. The second-order valence-corrected chi connectivity index (χ2v) is 13.9. The molecule has 1 aromatic rings. The van der Waals surface area contributed by atoms with E-state index in [0.29, 0.717) is 43.7 Å². The molecule has 1 N–H and O–H groups in total. The third kappa shape index (κ3) is 4.10. The molecule has 1 aliphatic heterocycles. The zero-order chi connectivity index (χ0) is 26.9. The molecule has 0 unspecified atom stereocenters. The number of hydrogen-bond acceptors (Lipinski definition) is 5. The number of hydrogen-bond donors (Lipinski definition) is 1. The lowest BCUT2D eigenvalue weighted by Crippen LogP contribution is -2.57. The molecule has 5 nitrogen and oxygen atoms in total. The number of fused-ring (bicyclic) bond motifs is 4. The van der Waals surface area contributed by atoms with Gasteiger partial charge in [-0.15, -0.1) is 0 Å². The van der Waals surface area contributed by atoms with Gasteiger partial charge in [-0.3, -0.25) is 4.79 Å². The molecule has 0 aromatic heterocycles. The number of ether oxygens (including phenoxy) is 2. The average molecular weight is 522 g/mol. The highest BCUT2D eigenvalue weighted by Gasteiger charge is 2.60. The van der Waals surface area contributed by atoms with Gasteiger partial charge in [0.25, 0.3) is 0 Å². The first-order valence-corrected chi connectivity index (χ1v) is 15.1. The first kappa shape index (κ1) is 26.5. The first-order chi connectivity index (χ1) is 18.0. The molecule has 3 saturated carbocycles. The standard InChI is InChI=1S/C33H47NO4/c1-6-34(7-2)23-10-8-22(9-11-23)25-18-31(5)26(12-13-28(31)35)24-14-16-32(36)19-33(17-15-27(32)29(24)25)37-20-30(3,4)21-38-33/h8-11,24-26,36H,6-7,12-21H2,1-5H3/t24-,25+,26-,31-,32+/m0/s1. The van der Waals surface area contributed by atoms with Crippen molar-refractivity contribution in [2.24, 2.45) is 22.7 Å². The second-order valence-electron chi connectivity index (χ2n) is 13.9. The van der Waals surface area contributed by atoms with Crippen molar-refractivity contribution in [3.8, 4) is 0 Å². The fourth-order valence-electron chi connectivity index (χ4n) is 8.83. The highest BCUT2D eigenvalue weighted by Crippen LogP contribution is 2.64. The summed E-state index contributed by atoms with van der Waals surface area (Å²) in [5.41, 5.74) is 4.11. The van der Waals surface area contributed by atoms with Crippen LogP contribution in [0.5, 0.6) is 0 Å². The molecule has 6 rings (SSSR count). The Balaban J connectivity index is 1.40. The van der Waals surface area contributed by atoms with Crippen LogP contribution in [0.4, 0.5) is 5.69 Å². The normalized spacial score (nSPS) is 37.5. The Morgan fingerprint density at radius 3 is 2.32 bits per heavy atom. The SMILES string of the molecule is CCN(CC)c1ccc([C@H]2C[C@]3(C)C(=O)CC[C@H]3[C@@H]3CC[C@@]4(O)CC5(CCC4=C32)OCC(C)(C)CO5)cc1. The number of carbonyl (C=O) groups is 1. The maximum Gasteiger partial charge on any atom is 0.171 e. The van der Waals surface area contributed by atoms with Gasteiger partial charge in [0.05, 0.1) is 18.8 Å². The molecular formula is C33H47NO4. The van der Waals surface area contributed by atoms with E-state index in [0.717, 1.165) is 51.6 Å². The predicted octanol–water partition coefficient (Wildman–Crippen LogP) is 6.40. The molecule has 208 valence electrons. The maximum absolute atomic E-state index is 13.3. The quantitative estimate of drug-likeness (QED) is 0.465. The van der Waals surface area contributed by atoms with E-state index < -0.39 is 11.4 Å². The lowest BCUT2D eigenvalue weighted by molar-refractivity contribution is -0.322. The number of nitrogens with zero attached hydrogens (tertiary/aromatic N) is 1. The zero-order valence-electron chi connectivity index (χ0n) is 24.1. The molecule has 1 spiro atoms. The van der Waals surface area contributed by atoms with Crippen molar-refractivity contribution in [2.45, 2.75) is 103 Å². The molecule has 0 amide bonds. The summed E-state index contributed by atoms with van der Waals surface area (Å²) < 4.78 is 12.8. The van der Waals surface area contributed by atoms with Gasteiger partial charge in [0.15, 0.2) is 5.79 Å². The van der Waals surface area contributed by atoms with Crippen LogP contribution in [0.1, 0.15) is 97.5 Å². The lowest BCUT2D eigenvalue weighted by atomic mass is 9.51. The van der Waals surface area contributed by atoms with Crippen LogP contribution < -0.4 is 4.90 Å². The predicted molar refractivity (Wildman–Crippen MR) is 150 cm³/mol. The van der Waals surface area contributed by atoms with E-state index in [1.54, 1.807) is 0 Å². The molecule has 5 atom stereocenters. The third-order valence-electron chi connectivity index (χ3n) is 11.0. The van der Waals surface area contributed by atoms with Crippen molar-refractivity contribution < 1.29 is 19.4 Å². The summed E-state index contributed by atoms with van der Waals surface area (Å²) in [6, 6.07) is 9.09. The highest BCUT2D eigenvalue weighted by atomic mass is 16.7. The third-order valence-corrected chi connectivity index (χ3v) is 11.0. The van der Waals surface area contributed by atoms with E-state index in [-0.39, 0.29) is 16.7 Å². The molecule has 38 heavy (non-hydrogen) atoms. The monoisotopic (exact) mass is 521 g/mol. The number of benzene rings is 1. The molecule has 0 bridgehead atoms. The van der Waals surface area contributed by atoms with Gasteiger partial charge in [0.1, 0.15) is 5.78 Å². The van der Waals surface area contributed by atoms with Crippen LogP contribution in [-0.2, 0) is 14.3 Å². The Morgan fingerprint density at radius 1 is 0.974 bits per heavy atom. The molecule has 1 aromatic carbocycles. The van der Waals surface area contributed by atoms with Crippen LogP contribution in [0.25, 0.3) is 0 Å². The minimum Gasteiger partial charge on any atom is -0.385 e. The number of ketones is 1. The van der Waals surface area contributed by atoms with Crippen LogP contribution >= 0.6 is 0 Å². The molecule has 1 saturated heterocycles. The van der Waals surface area contributed by atoms with Crippen molar-refractivity contribution >= 4 is 11.5 Å². The Bertz CT molecular complexity index is 1110. The van der Waals surface area contributed by atoms with Gasteiger partial charge in [0, 0.05) is 54.8 Å². The molecule has 4 fully saturated rings. The first-order valence-electron chi connectivity index (χ1n) is 15.1. The summed E-state index contributed by atoms with van der Waals surface area (Å²) in [4.78, 5) is 15.7. The van der Waals surface area contributed by atoms with Gasteiger partial charge < -0.3 is 19.5 Å². The van der Waals surface area contributed by atoms with Gasteiger partial charge in [-0.05, 0) is 81.1 Å². The minimum atomic E-state index is -0.888. The lowest BCUT2D eigenvalue weighted by Gasteiger charge is -2.56. The maximum atomic E-state index is 13.3. The number of anilines is 1. The van der Waals surface area contributed by atoms with Gasteiger partial charge in [0.2, 0.25) is 0 Å². The molecule has 5 heteroatoms. The van der Waals surface area contributed by atoms with Gasteiger partial charge >= 0.3 is 0 Å². The van der Waals surface area contributed by atoms with Crippen molar-refractivity contribution in [1.82, 2.24) is 0 Å². The van der Waals surface area contributed by atoms with Crippen LogP contribution in [-0.4, -0.2) is 48.6 Å². The van der Waals surface area contributed by atoms with E-state index in [1.807, 2.05) is 0 Å². The summed E-state index contributed by atoms with van der Waals surface area (Å²) in [7, 11) is 0. The number of carbonyl (C=O) groups excluding carboxylic acids is 1. The Labute approximate surface area is 229 Å². The highest BCUT2D eigenvalue weighted by molar-refractivity contribution is 5.87. The summed E-state index contributed by atoms with van der Waals surface area (Å²) in [5, 5.41) is 12.3. The largest absolute Gasteiger partial charge is 0.385 e. The molecule has 1 heterocycles. The molecular weight excluding hydrogens is 474 g/mol. The molecule has 0 radical (unpaired) electrons. The van der Waals surface area contributed by atoms with E-state index in [4.69, 9.17) is 9.47 Å². The van der Waals surface area contributed by atoms with Gasteiger partial charge in [-0.1, -0.05) is 38.5 Å². The number of allylic oxidation sites excluding steroid dienone is 1. The van der Waals surface area contributed by atoms with Gasteiger partial charge in [-0.2, -0.15) is 0 Å². The summed E-state index contributed by atoms with van der Waals surface area (Å²) >= 11 is 0. The Morgan fingerprint density at radius 2 is 1.66 bits per heavy atom. The van der Waals surface area contributed by atoms with Gasteiger partial charge in [-0.25, -0.2) is 0 Å². The van der Waals surface area contributed by atoms with E-state index in [1.165, 1.54) is 22.4 Å². The molecule has 4 aliphatic carbocycles. The Hall–Kier alpha value is -1.69. The minimum absolute atomic E-state index is 0.00942. The van der Waals surface area contributed by atoms with Crippen LogP contribution in [0, 0.1) is 22.7 Å². The number of aliphatic hydroxyl groups is 1. The number of Topliss-reactive ketones (excluding diaryl/α,β-unsaturated/α-hetero) is 1. The van der Waals surface area contributed by atoms with Crippen molar-refractivity contribution in [1.29, 1.82) is 0 Å². The van der Waals surface area contributed by atoms with Crippen molar-refractivity contribution in [3.63, 3.8) is 0 Å². The average Bonchev–Trinajstić information content (AvgIpc) is 3.20. The van der Waals surface area contributed by atoms with Crippen LogP contribution in [0.15, 0.2) is 35.4 Å². The van der Waals surface area contributed by atoms with E-state index >= 15 is 0 Å². The van der Waals surface area contributed by atoms with Crippen LogP contribution in [0.3, 0.4) is 0 Å². The van der Waals surface area contributed by atoms with E-state index in [9.17, 15) is 9.90 Å². The summed E-state index contributed by atoms with van der Waals surface area (Å²) in [6.45, 7) is 14.3. The topological polar surface area (TPSA) is 59.0 Å². The second kappa shape index (κ2) is 9.17. The Kier molecular flexibility index (Phi) is 6.40. The zero-order valence-corrected chi connectivity index (χ0v) is 24.1. The molecule has 5 aliphatic rings. The van der Waals surface area contributed by atoms with Crippen LogP contribution in [0.2, 0.25) is 0 Å². The van der Waals surface area contributed by atoms with Crippen molar-refractivity contribution in [2.75, 3.05) is 31.2 Å². The van der Waals surface area contributed by atoms with E-state index in [2.05, 4.69) is 63.8 Å².